The van der Waals surface area contributed by atoms with Crippen LogP contribution in [-0.4, -0.2) is 43.7 Å². The molecule has 1 fully saturated rings. The molecular formula is C12H23N3O. The summed E-state index contributed by atoms with van der Waals surface area (Å²) in [5.41, 5.74) is 6.93. The summed E-state index contributed by atoms with van der Waals surface area (Å²) in [6.45, 7) is 9.66. The maximum absolute atomic E-state index is 5.89. The topological polar surface area (TPSA) is 50.9 Å². The number of hydrogen-bond donors (Lipinski definition) is 1. The lowest BCUT2D eigenvalue weighted by Crippen LogP contribution is -2.41. The molecule has 1 aliphatic rings. The van der Waals surface area contributed by atoms with Crippen LogP contribution in [0.4, 0.5) is 0 Å². The number of likely N-dealkylation sites (tertiary alicyclic amines) is 1. The summed E-state index contributed by atoms with van der Waals surface area (Å²) in [5.74, 6) is 0.665. The summed E-state index contributed by atoms with van der Waals surface area (Å²) in [5, 5.41) is 0. The summed E-state index contributed by atoms with van der Waals surface area (Å²) in [6, 6.07) is 0. The van der Waals surface area contributed by atoms with Crippen LogP contribution in [-0.2, 0) is 4.74 Å². The van der Waals surface area contributed by atoms with Crippen molar-refractivity contribution in [2.75, 3.05) is 32.8 Å². The van der Waals surface area contributed by atoms with Gasteiger partial charge in [0, 0.05) is 13.1 Å². The Balaban J connectivity index is 2.14. The van der Waals surface area contributed by atoms with Crippen LogP contribution in [0.1, 0.15) is 26.2 Å². The van der Waals surface area contributed by atoms with E-state index < -0.39 is 0 Å². The van der Waals surface area contributed by atoms with Crippen molar-refractivity contribution in [1.29, 1.82) is 0 Å². The van der Waals surface area contributed by atoms with Gasteiger partial charge in [-0.1, -0.05) is 12.2 Å². The third-order valence-electron chi connectivity index (χ3n) is 2.54. The van der Waals surface area contributed by atoms with Crippen molar-refractivity contribution >= 4 is 5.96 Å². The average molecular weight is 225 g/mol. The van der Waals surface area contributed by atoms with E-state index in [-0.39, 0.29) is 0 Å². The van der Waals surface area contributed by atoms with Crippen LogP contribution in [0, 0.1) is 0 Å². The van der Waals surface area contributed by atoms with Crippen molar-refractivity contribution in [3.63, 3.8) is 0 Å². The van der Waals surface area contributed by atoms with Gasteiger partial charge >= 0.3 is 0 Å². The third kappa shape index (κ3) is 5.16. The van der Waals surface area contributed by atoms with Gasteiger partial charge in [-0.15, -0.1) is 0 Å². The van der Waals surface area contributed by atoms with Crippen LogP contribution in [0.5, 0.6) is 0 Å². The minimum Gasteiger partial charge on any atom is -0.375 e. The van der Waals surface area contributed by atoms with Gasteiger partial charge in [-0.2, -0.15) is 0 Å². The van der Waals surface area contributed by atoms with Crippen molar-refractivity contribution in [1.82, 2.24) is 4.90 Å². The first-order valence-corrected chi connectivity index (χ1v) is 5.97. The third-order valence-corrected chi connectivity index (χ3v) is 2.54. The Labute approximate surface area is 98.2 Å². The Bertz CT molecular complexity index is 245. The lowest BCUT2D eigenvalue weighted by atomic mass is 10.1. The molecule has 4 heteroatoms. The predicted octanol–water partition coefficient (Wildman–Crippen LogP) is 1.38. The first-order valence-electron chi connectivity index (χ1n) is 5.97. The quantitative estimate of drug-likeness (QED) is 0.333. The Morgan fingerprint density at radius 3 is 2.69 bits per heavy atom. The molecular weight excluding hydrogens is 202 g/mol. The van der Waals surface area contributed by atoms with Crippen LogP contribution >= 0.6 is 0 Å². The molecule has 0 spiro atoms. The zero-order valence-electron chi connectivity index (χ0n) is 10.2. The van der Waals surface area contributed by atoms with Crippen molar-refractivity contribution in [2.45, 2.75) is 26.2 Å². The predicted molar refractivity (Wildman–Crippen MR) is 67.5 cm³/mol. The van der Waals surface area contributed by atoms with Crippen molar-refractivity contribution < 1.29 is 4.74 Å². The molecule has 92 valence electrons. The normalized spacial score (nSPS) is 17.6. The Hall–Kier alpha value is -1.03. The van der Waals surface area contributed by atoms with E-state index in [4.69, 9.17) is 10.5 Å². The summed E-state index contributed by atoms with van der Waals surface area (Å²) < 4.78 is 5.35. The van der Waals surface area contributed by atoms with Crippen LogP contribution < -0.4 is 5.73 Å². The number of piperidine rings is 1. The number of hydrogen-bond acceptors (Lipinski definition) is 2. The van der Waals surface area contributed by atoms with E-state index >= 15 is 0 Å². The van der Waals surface area contributed by atoms with E-state index in [0.29, 0.717) is 25.7 Å². The van der Waals surface area contributed by atoms with Gasteiger partial charge in [0.25, 0.3) is 0 Å². The summed E-state index contributed by atoms with van der Waals surface area (Å²) in [6.07, 6.45) is 3.76. The maximum atomic E-state index is 5.89. The van der Waals surface area contributed by atoms with Gasteiger partial charge in [0.1, 0.15) is 0 Å². The maximum Gasteiger partial charge on any atom is 0.191 e. The van der Waals surface area contributed by atoms with E-state index in [9.17, 15) is 0 Å². The second-order valence-electron chi connectivity index (χ2n) is 4.30. The summed E-state index contributed by atoms with van der Waals surface area (Å²) >= 11 is 0. The number of guanidine groups is 1. The molecule has 1 heterocycles. The lowest BCUT2D eigenvalue weighted by molar-refractivity contribution is 0.164. The molecule has 16 heavy (non-hydrogen) atoms. The average Bonchev–Trinajstić information content (AvgIpc) is 2.29. The molecule has 1 rings (SSSR count). The highest BCUT2D eigenvalue weighted by atomic mass is 16.5. The molecule has 0 aromatic rings. The van der Waals surface area contributed by atoms with Crippen LogP contribution in [0.3, 0.4) is 0 Å². The molecule has 0 unspecified atom stereocenters. The Kier molecular flexibility index (Phi) is 5.93. The van der Waals surface area contributed by atoms with Crippen LogP contribution in [0.15, 0.2) is 17.1 Å². The van der Waals surface area contributed by atoms with Gasteiger partial charge in [-0.25, -0.2) is 0 Å². The Morgan fingerprint density at radius 2 is 2.06 bits per heavy atom. The van der Waals surface area contributed by atoms with Gasteiger partial charge in [0.2, 0.25) is 0 Å². The minimum atomic E-state index is 0.610. The zero-order valence-corrected chi connectivity index (χ0v) is 10.2. The van der Waals surface area contributed by atoms with E-state index in [1.165, 1.54) is 19.3 Å². The molecule has 0 saturated carbocycles. The van der Waals surface area contributed by atoms with Gasteiger partial charge in [0.05, 0.1) is 19.8 Å². The highest BCUT2D eigenvalue weighted by molar-refractivity contribution is 5.78. The molecule has 0 bridgehead atoms. The fourth-order valence-electron chi connectivity index (χ4n) is 1.69. The fraction of sp³-hybridized carbons (Fsp3) is 0.750. The second-order valence-corrected chi connectivity index (χ2v) is 4.30. The van der Waals surface area contributed by atoms with Gasteiger partial charge in [0.15, 0.2) is 5.96 Å². The minimum absolute atomic E-state index is 0.610. The van der Waals surface area contributed by atoms with Gasteiger partial charge in [-0.05, 0) is 26.2 Å². The molecule has 0 radical (unpaired) electrons. The number of aliphatic imine (C=N–C) groups is 1. The molecule has 4 nitrogen and oxygen atoms in total. The van der Waals surface area contributed by atoms with E-state index in [0.717, 1.165) is 18.7 Å². The molecule has 0 aliphatic carbocycles. The number of rotatable bonds is 5. The van der Waals surface area contributed by atoms with Gasteiger partial charge in [-0.3, -0.25) is 4.99 Å². The molecule has 1 aliphatic heterocycles. The smallest absolute Gasteiger partial charge is 0.191 e. The second kappa shape index (κ2) is 7.28. The molecule has 0 aromatic heterocycles. The van der Waals surface area contributed by atoms with Crippen LogP contribution in [0.25, 0.3) is 0 Å². The highest BCUT2D eigenvalue weighted by Crippen LogP contribution is 2.07. The highest BCUT2D eigenvalue weighted by Gasteiger charge is 2.11. The van der Waals surface area contributed by atoms with Crippen LogP contribution in [0.2, 0.25) is 0 Å². The molecule has 0 aromatic carbocycles. The molecule has 0 atom stereocenters. The standard InChI is InChI=1S/C12H23N3O/c1-11(2)10-16-9-6-14-12(13)15-7-4-3-5-8-15/h1,3-10H2,2H3,(H2,13,14). The molecule has 0 amide bonds. The van der Waals surface area contributed by atoms with E-state index in [1.807, 2.05) is 6.92 Å². The zero-order chi connectivity index (χ0) is 11.8. The largest absolute Gasteiger partial charge is 0.375 e. The van der Waals surface area contributed by atoms with Crippen molar-refractivity contribution in [3.05, 3.63) is 12.2 Å². The SMILES string of the molecule is C=C(C)COCCN=C(N)N1CCCCC1. The first-order chi connectivity index (χ1) is 7.70. The van der Waals surface area contributed by atoms with Crippen molar-refractivity contribution in [3.8, 4) is 0 Å². The monoisotopic (exact) mass is 225 g/mol. The molecule has 2 N–H and O–H groups in total. The van der Waals surface area contributed by atoms with Gasteiger partial charge < -0.3 is 15.4 Å². The molecule has 1 saturated heterocycles. The lowest BCUT2D eigenvalue weighted by Gasteiger charge is -2.27. The van der Waals surface area contributed by atoms with E-state index in [2.05, 4.69) is 16.5 Å². The summed E-state index contributed by atoms with van der Waals surface area (Å²) in [4.78, 5) is 6.47. The fourth-order valence-corrected chi connectivity index (χ4v) is 1.69. The van der Waals surface area contributed by atoms with E-state index in [1.54, 1.807) is 0 Å². The number of nitrogens with two attached hydrogens (primary N) is 1. The summed E-state index contributed by atoms with van der Waals surface area (Å²) in [7, 11) is 0. The number of nitrogens with zero attached hydrogens (tertiary/aromatic N) is 2. The Morgan fingerprint density at radius 1 is 1.38 bits per heavy atom. The van der Waals surface area contributed by atoms with Crippen molar-refractivity contribution in [2.24, 2.45) is 10.7 Å². The first kappa shape index (κ1) is 13.0. The number of ether oxygens (including phenoxy) is 1.